The van der Waals surface area contributed by atoms with Crippen LogP contribution >= 0.6 is 23.2 Å². The van der Waals surface area contributed by atoms with Gasteiger partial charge in [-0.05, 0) is 30.3 Å². The van der Waals surface area contributed by atoms with E-state index < -0.39 is 0 Å². The quantitative estimate of drug-likeness (QED) is 0.494. The van der Waals surface area contributed by atoms with Crippen molar-refractivity contribution in [1.82, 2.24) is 29.6 Å². The lowest BCUT2D eigenvalue weighted by atomic mass is 10.0. The summed E-state index contributed by atoms with van der Waals surface area (Å²) >= 11 is 12.5. The smallest absolute Gasteiger partial charge is 0.179 e. The van der Waals surface area contributed by atoms with Crippen molar-refractivity contribution in [3.05, 3.63) is 58.2 Å². The van der Waals surface area contributed by atoms with Gasteiger partial charge in [0.1, 0.15) is 16.7 Å². The van der Waals surface area contributed by atoms with Crippen molar-refractivity contribution in [3.8, 4) is 16.9 Å². The van der Waals surface area contributed by atoms with E-state index in [9.17, 15) is 0 Å². The Hall–Kier alpha value is -2.61. The lowest BCUT2D eigenvalue weighted by molar-refractivity contribution is 0.201. The first-order valence-electron chi connectivity index (χ1n) is 9.23. The summed E-state index contributed by atoms with van der Waals surface area (Å²) in [5.41, 5.74) is 4.66. The molecule has 0 fully saturated rings. The van der Waals surface area contributed by atoms with E-state index in [1.807, 2.05) is 35.1 Å². The number of H-pyrrole nitrogens is 1. The normalized spacial score (nSPS) is 14.3. The topological polar surface area (TPSA) is 71.9 Å². The summed E-state index contributed by atoms with van der Waals surface area (Å²) in [6.07, 6.45) is 1.89. The molecule has 0 unspecified atom stereocenters. The van der Waals surface area contributed by atoms with Crippen molar-refractivity contribution >= 4 is 34.4 Å². The Morgan fingerprint density at radius 2 is 2.00 bits per heavy atom. The largest absolute Gasteiger partial charge is 0.497 e. The Balaban J connectivity index is 1.41. The van der Waals surface area contributed by atoms with Crippen LogP contribution in [0, 0.1) is 0 Å². The molecule has 0 aliphatic carbocycles. The molecule has 7 nitrogen and oxygen atoms in total. The summed E-state index contributed by atoms with van der Waals surface area (Å²) in [4.78, 5) is 14.5. The van der Waals surface area contributed by atoms with Crippen molar-refractivity contribution in [3.63, 3.8) is 0 Å². The minimum Gasteiger partial charge on any atom is -0.497 e. The van der Waals surface area contributed by atoms with Crippen LogP contribution in [0.1, 0.15) is 11.5 Å². The van der Waals surface area contributed by atoms with E-state index in [2.05, 4.69) is 25.0 Å². The van der Waals surface area contributed by atoms with Gasteiger partial charge in [-0.3, -0.25) is 9.58 Å². The van der Waals surface area contributed by atoms with Crippen molar-refractivity contribution in [1.29, 1.82) is 0 Å². The van der Waals surface area contributed by atoms with Gasteiger partial charge in [0.15, 0.2) is 5.65 Å². The fraction of sp³-hybridized carbons (Fsp3) is 0.250. The van der Waals surface area contributed by atoms with Crippen LogP contribution in [-0.4, -0.2) is 43.3 Å². The maximum atomic E-state index is 6.50. The lowest BCUT2D eigenvalue weighted by Crippen LogP contribution is -2.34. The molecule has 1 aliphatic rings. The monoisotopic (exact) mass is 428 g/mol. The minimum atomic E-state index is 0.443. The van der Waals surface area contributed by atoms with Crippen molar-refractivity contribution in [2.75, 3.05) is 13.7 Å². The molecule has 0 amide bonds. The van der Waals surface area contributed by atoms with Gasteiger partial charge < -0.3 is 9.72 Å². The van der Waals surface area contributed by atoms with Gasteiger partial charge in [-0.2, -0.15) is 5.10 Å². The van der Waals surface area contributed by atoms with Crippen LogP contribution < -0.4 is 4.74 Å². The second-order valence-electron chi connectivity index (χ2n) is 6.97. The maximum absolute atomic E-state index is 6.50. The van der Waals surface area contributed by atoms with Gasteiger partial charge in [-0.15, -0.1) is 0 Å². The standard InChI is InChI=1S/C20H18Cl2N6O/c1-29-12-2-3-13(15(21)8-12)14-9-23-28-7-6-27(10-17(14)28)11-19-24-16-4-5-18(22)25-20(16)26-19/h2-5,8-9H,6-7,10-11H2,1H3,(H,24,25,26). The molecule has 148 valence electrons. The van der Waals surface area contributed by atoms with Crippen LogP contribution in [0.2, 0.25) is 10.2 Å². The van der Waals surface area contributed by atoms with Crippen LogP contribution in [0.4, 0.5) is 0 Å². The minimum absolute atomic E-state index is 0.443. The molecule has 9 heteroatoms. The molecule has 0 radical (unpaired) electrons. The number of halogens is 2. The Labute approximate surface area is 177 Å². The molecular formula is C20H18Cl2N6O. The number of methoxy groups -OCH3 is 1. The Morgan fingerprint density at radius 3 is 2.83 bits per heavy atom. The molecule has 0 saturated heterocycles. The summed E-state index contributed by atoms with van der Waals surface area (Å²) in [5.74, 6) is 1.60. The highest BCUT2D eigenvalue weighted by Crippen LogP contribution is 2.34. The summed E-state index contributed by atoms with van der Waals surface area (Å²) < 4.78 is 7.31. The summed E-state index contributed by atoms with van der Waals surface area (Å²) in [7, 11) is 1.63. The molecule has 4 heterocycles. The molecule has 29 heavy (non-hydrogen) atoms. The molecule has 3 aromatic heterocycles. The molecule has 0 atom stereocenters. The fourth-order valence-electron chi connectivity index (χ4n) is 3.70. The van der Waals surface area contributed by atoms with E-state index in [1.54, 1.807) is 13.2 Å². The fourth-order valence-corrected chi connectivity index (χ4v) is 4.12. The number of fused-ring (bicyclic) bond motifs is 2. The Morgan fingerprint density at radius 1 is 1.10 bits per heavy atom. The van der Waals surface area contributed by atoms with E-state index in [0.29, 0.717) is 22.4 Å². The highest BCUT2D eigenvalue weighted by molar-refractivity contribution is 6.33. The van der Waals surface area contributed by atoms with E-state index in [0.717, 1.165) is 53.5 Å². The summed E-state index contributed by atoms with van der Waals surface area (Å²) in [6, 6.07) is 9.38. The van der Waals surface area contributed by atoms with Crippen LogP contribution in [-0.2, 0) is 19.6 Å². The van der Waals surface area contributed by atoms with Gasteiger partial charge in [0, 0.05) is 24.2 Å². The Kier molecular flexibility index (Phi) is 4.66. The first kappa shape index (κ1) is 18.4. The van der Waals surface area contributed by atoms with E-state index in [4.69, 9.17) is 27.9 Å². The van der Waals surface area contributed by atoms with Crippen LogP contribution in [0.25, 0.3) is 22.3 Å². The van der Waals surface area contributed by atoms with E-state index in [-0.39, 0.29) is 0 Å². The predicted molar refractivity (Wildman–Crippen MR) is 112 cm³/mol. The number of imidazole rings is 1. The van der Waals surface area contributed by atoms with Crippen LogP contribution in [0.3, 0.4) is 0 Å². The van der Waals surface area contributed by atoms with Crippen LogP contribution in [0.5, 0.6) is 5.75 Å². The number of pyridine rings is 1. The number of benzene rings is 1. The molecule has 5 rings (SSSR count). The number of ether oxygens (including phenoxy) is 1. The average Bonchev–Trinajstić information content (AvgIpc) is 3.30. The van der Waals surface area contributed by atoms with Gasteiger partial charge in [0.25, 0.3) is 0 Å². The number of nitrogens with one attached hydrogen (secondary N) is 1. The molecule has 4 aromatic rings. The van der Waals surface area contributed by atoms with Crippen molar-refractivity contribution in [2.24, 2.45) is 0 Å². The zero-order chi connectivity index (χ0) is 20.0. The van der Waals surface area contributed by atoms with Gasteiger partial charge in [-0.25, -0.2) is 9.97 Å². The molecule has 1 N–H and O–H groups in total. The highest BCUT2D eigenvalue weighted by Gasteiger charge is 2.23. The van der Waals surface area contributed by atoms with E-state index >= 15 is 0 Å². The third-order valence-corrected chi connectivity index (χ3v) is 5.67. The number of rotatable bonds is 4. The van der Waals surface area contributed by atoms with Gasteiger partial charge in [0.2, 0.25) is 0 Å². The molecule has 0 bridgehead atoms. The Bertz CT molecular complexity index is 1200. The number of aromatic nitrogens is 5. The molecule has 1 aromatic carbocycles. The van der Waals surface area contributed by atoms with E-state index in [1.165, 1.54) is 0 Å². The second kappa shape index (κ2) is 7.33. The summed E-state index contributed by atoms with van der Waals surface area (Å²) in [6.45, 7) is 3.14. The van der Waals surface area contributed by atoms with Gasteiger partial charge in [0.05, 0.1) is 42.6 Å². The molecule has 1 aliphatic heterocycles. The van der Waals surface area contributed by atoms with Crippen LogP contribution in [0.15, 0.2) is 36.5 Å². The average molecular weight is 429 g/mol. The predicted octanol–water partition coefficient (Wildman–Crippen LogP) is 4.15. The SMILES string of the molecule is COc1ccc(-c2cnn3c2CN(Cc2nc4nc(Cl)ccc4[nH]2)CC3)c(Cl)c1. The first-order chi connectivity index (χ1) is 14.1. The third-order valence-electron chi connectivity index (χ3n) is 5.15. The number of hydrogen-bond acceptors (Lipinski definition) is 5. The first-order valence-corrected chi connectivity index (χ1v) is 9.98. The van der Waals surface area contributed by atoms with Crippen molar-refractivity contribution in [2.45, 2.75) is 19.6 Å². The molecular weight excluding hydrogens is 411 g/mol. The maximum Gasteiger partial charge on any atom is 0.179 e. The number of aromatic amines is 1. The zero-order valence-electron chi connectivity index (χ0n) is 15.7. The number of nitrogens with zero attached hydrogens (tertiary/aromatic N) is 5. The lowest BCUT2D eigenvalue weighted by Gasteiger charge is -2.27. The van der Waals surface area contributed by atoms with Gasteiger partial charge in [-0.1, -0.05) is 23.2 Å². The molecule has 0 spiro atoms. The van der Waals surface area contributed by atoms with Gasteiger partial charge >= 0.3 is 0 Å². The summed E-state index contributed by atoms with van der Waals surface area (Å²) in [5, 5.41) is 5.65. The van der Waals surface area contributed by atoms with Crippen molar-refractivity contribution < 1.29 is 4.74 Å². The number of hydrogen-bond donors (Lipinski definition) is 1. The third kappa shape index (κ3) is 3.46. The molecule has 0 saturated carbocycles. The zero-order valence-corrected chi connectivity index (χ0v) is 17.2. The highest BCUT2D eigenvalue weighted by atomic mass is 35.5. The second-order valence-corrected chi connectivity index (χ2v) is 7.77.